The minimum Gasteiger partial charge on any atom is -0.384 e. The molecule has 2 aliphatic rings. The maximum Gasteiger partial charge on any atom is 0.224 e. The van der Waals surface area contributed by atoms with Gasteiger partial charge < -0.3 is 15.4 Å². The Balaban J connectivity index is 1.84. The van der Waals surface area contributed by atoms with Crippen molar-refractivity contribution in [3.63, 3.8) is 0 Å². The molecule has 1 saturated heterocycles. The molecule has 0 aromatic rings. The van der Waals surface area contributed by atoms with E-state index in [1.807, 2.05) is 4.90 Å². The number of amides is 1. The number of likely N-dealkylation sites (tertiary alicyclic amines) is 1. The Morgan fingerprint density at radius 3 is 2.78 bits per heavy atom. The van der Waals surface area contributed by atoms with Crippen LogP contribution in [0.4, 0.5) is 0 Å². The molecule has 0 radical (unpaired) electrons. The van der Waals surface area contributed by atoms with Gasteiger partial charge in [-0.15, -0.1) is 0 Å². The fourth-order valence-electron chi connectivity index (χ4n) is 3.33. The van der Waals surface area contributed by atoms with Gasteiger partial charge in [-0.1, -0.05) is 12.8 Å². The topological polar surface area (TPSA) is 55.6 Å². The third kappa shape index (κ3) is 3.45. The van der Waals surface area contributed by atoms with Crippen LogP contribution in [-0.2, 0) is 9.53 Å². The van der Waals surface area contributed by atoms with Gasteiger partial charge in [0.25, 0.3) is 0 Å². The molecule has 0 bridgehead atoms. The maximum absolute atomic E-state index is 12.3. The molecule has 1 unspecified atom stereocenters. The van der Waals surface area contributed by atoms with Crippen LogP contribution >= 0.6 is 0 Å². The van der Waals surface area contributed by atoms with E-state index in [0.717, 1.165) is 39.0 Å². The van der Waals surface area contributed by atoms with Crippen molar-refractivity contribution < 1.29 is 9.53 Å². The minimum absolute atomic E-state index is 0.217. The Bertz CT molecular complexity index is 286. The Morgan fingerprint density at radius 1 is 1.39 bits per heavy atom. The zero-order valence-corrected chi connectivity index (χ0v) is 11.5. The molecule has 104 valence electrons. The second-order valence-corrected chi connectivity index (χ2v) is 6.05. The number of piperidine rings is 1. The number of hydrogen-bond acceptors (Lipinski definition) is 3. The van der Waals surface area contributed by atoms with Gasteiger partial charge in [0.05, 0.1) is 6.61 Å². The fourth-order valence-corrected chi connectivity index (χ4v) is 3.33. The van der Waals surface area contributed by atoms with E-state index >= 15 is 0 Å². The molecule has 1 aliphatic heterocycles. The van der Waals surface area contributed by atoms with E-state index < -0.39 is 0 Å². The van der Waals surface area contributed by atoms with Crippen LogP contribution in [0.3, 0.4) is 0 Å². The molecule has 0 spiro atoms. The Hall–Kier alpha value is -0.610. The van der Waals surface area contributed by atoms with Gasteiger partial charge in [0.2, 0.25) is 5.91 Å². The number of carbonyl (C=O) groups excluding carboxylic acids is 1. The number of nitrogens with zero attached hydrogens (tertiary/aromatic N) is 1. The maximum atomic E-state index is 12.3. The summed E-state index contributed by atoms with van der Waals surface area (Å²) >= 11 is 0. The van der Waals surface area contributed by atoms with Gasteiger partial charge in [0.15, 0.2) is 0 Å². The lowest BCUT2D eigenvalue weighted by Gasteiger charge is -2.34. The van der Waals surface area contributed by atoms with E-state index in [4.69, 9.17) is 10.5 Å². The van der Waals surface area contributed by atoms with Crippen LogP contribution < -0.4 is 5.73 Å². The third-order valence-electron chi connectivity index (χ3n) is 4.38. The molecule has 2 fully saturated rings. The van der Waals surface area contributed by atoms with Crippen molar-refractivity contribution in [3.05, 3.63) is 0 Å². The van der Waals surface area contributed by atoms with E-state index in [1.165, 1.54) is 19.3 Å². The van der Waals surface area contributed by atoms with E-state index in [0.29, 0.717) is 12.3 Å². The van der Waals surface area contributed by atoms with Crippen molar-refractivity contribution >= 4 is 5.91 Å². The van der Waals surface area contributed by atoms with Crippen LogP contribution in [0, 0.1) is 5.92 Å². The van der Waals surface area contributed by atoms with Crippen LogP contribution in [0.1, 0.15) is 44.9 Å². The molecule has 2 rings (SSSR count). The van der Waals surface area contributed by atoms with Gasteiger partial charge in [0.1, 0.15) is 0 Å². The molecule has 4 heteroatoms. The van der Waals surface area contributed by atoms with E-state index in [9.17, 15) is 4.79 Å². The molecule has 1 saturated carbocycles. The number of ether oxygens (including phenoxy) is 1. The summed E-state index contributed by atoms with van der Waals surface area (Å²) in [6.45, 7) is 2.51. The zero-order valence-electron chi connectivity index (χ0n) is 11.5. The summed E-state index contributed by atoms with van der Waals surface area (Å²) in [6, 6.07) is 0. The molecule has 4 nitrogen and oxygen atoms in total. The van der Waals surface area contributed by atoms with Crippen molar-refractivity contribution in [2.75, 3.05) is 26.8 Å². The minimum atomic E-state index is -0.217. The second-order valence-electron chi connectivity index (χ2n) is 6.05. The largest absolute Gasteiger partial charge is 0.384 e. The molecule has 1 amide bonds. The first-order chi connectivity index (χ1) is 8.63. The van der Waals surface area contributed by atoms with Crippen LogP contribution in [0.15, 0.2) is 0 Å². The molecular formula is C14H26N2O2. The third-order valence-corrected chi connectivity index (χ3v) is 4.38. The van der Waals surface area contributed by atoms with Crippen molar-refractivity contribution in [2.24, 2.45) is 11.7 Å². The smallest absolute Gasteiger partial charge is 0.224 e. The average molecular weight is 254 g/mol. The highest BCUT2D eigenvalue weighted by Gasteiger charge is 2.34. The molecule has 18 heavy (non-hydrogen) atoms. The first-order valence-corrected chi connectivity index (χ1v) is 7.18. The molecular weight excluding hydrogens is 228 g/mol. The van der Waals surface area contributed by atoms with E-state index in [1.54, 1.807) is 7.11 Å². The van der Waals surface area contributed by atoms with Gasteiger partial charge in [-0.05, 0) is 31.6 Å². The summed E-state index contributed by atoms with van der Waals surface area (Å²) in [7, 11) is 1.73. The van der Waals surface area contributed by atoms with Gasteiger partial charge in [-0.25, -0.2) is 0 Å². The molecule has 0 aromatic heterocycles. The SMILES string of the molecule is COCC1CCCN(C(=O)CC2(N)CCCC2)C1. The summed E-state index contributed by atoms with van der Waals surface area (Å²) in [4.78, 5) is 14.3. The monoisotopic (exact) mass is 254 g/mol. The van der Waals surface area contributed by atoms with Crippen LogP contribution in [-0.4, -0.2) is 43.2 Å². The molecule has 2 N–H and O–H groups in total. The Labute approximate surface area is 110 Å². The average Bonchev–Trinajstić information content (AvgIpc) is 2.76. The zero-order chi connectivity index (χ0) is 13.0. The standard InChI is InChI=1S/C14H26N2O2/c1-18-11-12-5-4-8-16(10-12)13(17)9-14(15)6-2-3-7-14/h12H,2-11,15H2,1H3. The summed E-state index contributed by atoms with van der Waals surface area (Å²) in [5.41, 5.74) is 6.07. The lowest BCUT2D eigenvalue weighted by atomic mass is 9.92. The summed E-state index contributed by atoms with van der Waals surface area (Å²) in [6.07, 6.45) is 7.17. The Morgan fingerprint density at radius 2 is 2.11 bits per heavy atom. The quantitative estimate of drug-likeness (QED) is 0.828. The van der Waals surface area contributed by atoms with Gasteiger partial charge in [-0.2, -0.15) is 0 Å². The number of methoxy groups -OCH3 is 1. The summed E-state index contributed by atoms with van der Waals surface area (Å²) < 4.78 is 5.20. The molecule has 0 aromatic carbocycles. The summed E-state index contributed by atoms with van der Waals surface area (Å²) in [5.74, 6) is 0.755. The van der Waals surface area contributed by atoms with Crippen LogP contribution in [0.25, 0.3) is 0 Å². The predicted octanol–water partition coefficient (Wildman–Crippen LogP) is 1.53. The highest BCUT2D eigenvalue weighted by atomic mass is 16.5. The number of nitrogens with two attached hydrogens (primary N) is 1. The normalized spacial score (nSPS) is 27.4. The summed E-state index contributed by atoms with van der Waals surface area (Å²) in [5, 5.41) is 0. The van der Waals surface area contributed by atoms with Crippen molar-refractivity contribution in [1.82, 2.24) is 4.90 Å². The lowest BCUT2D eigenvalue weighted by molar-refractivity contribution is -0.134. The van der Waals surface area contributed by atoms with Crippen molar-refractivity contribution in [2.45, 2.75) is 50.5 Å². The van der Waals surface area contributed by atoms with E-state index in [-0.39, 0.29) is 11.4 Å². The highest BCUT2D eigenvalue weighted by Crippen LogP contribution is 2.31. The number of hydrogen-bond donors (Lipinski definition) is 1. The van der Waals surface area contributed by atoms with Crippen molar-refractivity contribution in [1.29, 1.82) is 0 Å². The van der Waals surface area contributed by atoms with Gasteiger partial charge >= 0.3 is 0 Å². The molecule has 1 atom stereocenters. The molecule has 1 aliphatic carbocycles. The van der Waals surface area contributed by atoms with E-state index in [2.05, 4.69) is 0 Å². The Kier molecular flexibility index (Phi) is 4.62. The second kappa shape index (κ2) is 6.02. The highest BCUT2D eigenvalue weighted by molar-refractivity contribution is 5.77. The lowest BCUT2D eigenvalue weighted by Crippen LogP contribution is -2.47. The van der Waals surface area contributed by atoms with Crippen LogP contribution in [0.2, 0.25) is 0 Å². The fraction of sp³-hybridized carbons (Fsp3) is 0.929. The van der Waals surface area contributed by atoms with Gasteiger partial charge in [-0.3, -0.25) is 4.79 Å². The van der Waals surface area contributed by atoms with Crippen molar-refractivity contribution in [3.8, 4) is 0 Å². The predicted molar refractivity (Wildman–Crippen MR) is 71.2 cm³/mol. The number of carbonyl (C=O) groups is 1. The van der Waals surface area contributed by atoms with Crippen LogP contribution in [0.5, 0.6) is 0 Å². The molecule has 1 heterocycles. The number of rotatable bonds is 4. The first kappa shape index (κ1) is 13.8. The van der Waals surface area contributed by atoms with Gasteiger partial charge in [0, 0.05) is 32.2 Å². The first-order valence-electron chi connectivity index (χ1n) is 7.18.